The number of likely N-dealkylation sites (tertiary alicyclic amines) is 1. The van der Waals surface area contributed by atoms with Crippen molar-refractivity contribution in [1.82, 2.24) is 10.2 Å². The fourth-order valence-corrected chi connectivity index (χ4v) is 3.74. The molecule has 0 aromatic heterocycles. The van der Waals surface area contributed by atoms with Crippen molar-refractivity contribution >= 4 is 12.4 Å². The molecule has 5 heteroatoms. The number of benzene rings is 2. The van der Waals surface area contributed by atoms with Crippen LogP contribution >= 0.6 is 0 Å². The number of ether oxygens (including phenoxy) is 1. The lowest BCUT2D eigenvalue weighted by atomic mass is 10.0. The molecule has 0 unspecified atom stereocenters. The van der Waals surface area contributed by atoms with Gasteiger partial charge in [0.1, 0.15) is 11.6 Å². The van der Waals surface area contributed by atoms with Gasteiger partial charge in [-0.1, -0.05) is 60.2 Å². The summed E-state index contributed by atoms with van der Waals surface area (Å²) in [5, 5.41) is 3.33. The van der Waals surface area contributed by atoms with Gasteiger partial charge in [0.05, 0.1) is 0 Å². The highest BCUT2D eigenvalue weighted by Gasteiger charge is 2.23. The third-order valence-corrected chi connectivity index (χ3v) is 5.34. The predicted octanol–water partition coefficient (Wildman–Crippen LogP) is 5.66. The van der Waals surface area contributed by atoms with E-state index in [9.17, 15) is 0 Å². The van der Waals surface area contributed by atoms with Crippen LogP contribution in [-0.2, 0) is 6.54 Å². The third-order valence-electron chi connectivity index (χ3n) is 5.34. The summed E-state index contributed by atoms with van der Waals surface area (Å²) in [6, 6.07) is 18.5. The molecule has 0 bridgehead atoms. The van der Waals surface area contributed by atoms with Gasteiger partial charge in [0, 0.05) is 43.0 Å². The Hall–Kier alpha value is -3.44. The molecule has 0 atom stereocenters. The van der Waals surface area contributed by atoms with Crippen LogP contribution in [0.5, 0.6) is 5.75 Å². The number of aryl methyl sites for hydroxylation is 1. The lowest BCUT2D eigenvalue weighted by Gasteiger charge is -2.31. The first-order valence-electron chi connectivity index (χ1n) is 11.2. The van der Waals surface area contributed by atoms with Crippen molar-refractivity contribution in [2.24, 2.45) is 9.98 Å². The Balaban J connectivity index is 1.81. The van der Waals surface area contributed by atoms with Crippen LogP contribution in [0.25, 0.3) is 0 Å². The Kier molecular flexibility index (Phi) is 8.79. The lowest BCUT2D eigenvalue weighted by molar-refractivity contribution is 0.286. The maximum Gasteiger partial charge on any atom is 0.179 e. The van der Waals surface area contributed by atoms with Crippen molar-refractivity contribution in [2.75, 3.05) is 19.8 Å². The maximum absolute atomic E-state index is 5.86. The fraction of sp³-hybridized carbons (Fsp3) is 0.286. The predicted molar refractivity (Wildman–Crippen MR) is 139 cm³/mol. The van der Waals surface area contributed by atoms with Gasteiger partial charge in [-0.25, -0.2) is 9.98 Å². The minimum absolute atomic E-state index is 0.264. The first kappa shape index (κ1) is 24.2. The zero-order chi connectivity index (χ0) is 23.6. The summed E-state index contributed by atoms with van der Waals surface area (Å²) in [5.41, 5.74) is 6.45. The zero-order valence-corrected chi connectivity index (χ0v) is 20.0. The number of hydrogen-bond donors (Lipinski definition) is 1. The zero-order valence-electron chi connectivity index (χ0n) is 20.0. The highest BCUT2D eigenvalue weighted by atomic mass is 16.5. The van der Waals surface area contributed by atoms with Gasteiger partial charge in [0.15, 0.2) is 6.73 Å². The van der Waals surface area contributed by atoms with Gasteiger partial charge < -0.3 is 10.1 Å². The van der Waals surface area contributed by atoms with Gasteiger partial charge in [0.25, 0.3) is 0 Å². The molecular weight excluding hydrogens is 408 g/mol. The molecule has 1 fully saturated rings. The van der Waals surface area contributed by atoms with E-state index in [1.54, 1.807) is 0 Å². The molecule has 1 N–H and O–H groups in total. The molecule has 0 spiro atoms. The lowest BCUT2D eigenvalue weighted by Crippen LogP contribution is -2.37. The summed E-state index contributed by atoms with van der Waals surface area (Å²) in [5.74, 6) is 1.51. The fourth-order valence-electron chi connectivity index (χ4n) is 3.74. The van der Waals surface area contributed by atoms with Crippen LogP contribution in [0.1, 0.15) is 31.4 Å². The Morgan fingerprint density at radius 1 is 1.12 bits per heavy atom. The average molecular weight is 443 g/mol. The van der Waals surface area contributed by atoms with Crippen molar-refractivity contribution < 1.29 is 4.74 Å². The van der Waals surface area contributed by atoms with Crippen LogP contribution in [0.15, 0.2) is 99.9 Å². The molecule has 2 aromatic carbocycles. The van der Waals surface area contributed by atoms with Gasteiger partial charge in [-0.15, -0.1) is 0 Å². The number of nitrogens with one attached hydrogen (secondary N) is 1. The summed E-state index contributed by atoms with van der Waals surface area (Å²) < 4.78 is 5.86. The van der Waals surface area contributed by atoms with Crippen LogP contribution < -0.4 is 10.1 Å². The van der Waals surface area contributed by atoms with E-state index < -0.39 is 0 Å². The first-order valence-corrected chi connectivity index (χ1v) is 11.2. The van der Waals surface area contributed by atoms with Gasteiger partial charge in [0.2, 0.25) is 0 Å². The van der Waals surface area contributed by atoms with Crippen molar-refractivity contribution in [2.45, 2.75) is 33.7 Å². The molecule has 0 aliphatic carbocycles. The van der Waals surface area contributed by atoms with Crippen LogP contribution in [0.4, 0.5) is 0 Å². The Morgan fingerprint density at radius 2 is 1.85 bits per heavy atom. The number of rotatable bonds is 9. The van der Waals surface area contributed by atoms with Crippen molar-refractivity contribution in [3.63, 3.8) is 0 Å². The quantitative estimate of drug-likeness (QED) is 0.403. The first-order chi connectivity index (χ1) is 15.9. The largest absolute Gasteiger partial charge is 0.471 e. The van der Waals surface area contributed by atoms with Crippen molar-refractivity contribution in [1.29, 1.82) is 0 Å². The smallest absolute Gasteiger partial charge is 0.179 e. The Bertz CT molecular complexity index is 1050. The van der Waals surface area contributed by atoms with Crippen molar-refractivity contribution in [3.05, 3.63) is 101 Å². The standard InChI is InChI=1S/C28H34N4O/c1-21(2)17-23(4)31-28(29-5)26-19-32(18-24-9-7-6-8-10-24)16-15-27(26)30-20-33-25-13-11-22(3)12-14-25/h6-14,17,31H,4-5,15-16,18-20H2,1-3H3/b28-26+,30-27-. The SMILES string of the molecule is C=N/C(NC(=C)C=C(C)C)=C1/CN(Cc2ccccc2)CC/C1=N/COc1ccc(C)cc1. The summed E-state index contributed by atoms with van der Waals surface area (Å²) in [7, 11) is 0. The van der Waals surface area contributed by atoms with Gasteiger partial charge in [-0.2, -0.15) is 0 Å². The molecular formula is C28H34N4O. The normalized spacial score (nSPS) is 16.8. The second kappa shape index (κ2) is 12.0. The van der Waals surface area contributed by atoms with E-state index in [-0.39, 0.29) is 6.73 Å². The Morgan fingerprint density at radius 3 is 2.52 bits per heavy atom. The van der Waals surface area contributed by atoms with Gasteiger partial charge in [-0.05, 0) is 51.3 Å². The molecule has 1 saturated heterocycles. The highest BCUT2D eigenvalue weighted by Crippen LogP contribution is 2.21. The van der Waals surface area contributed by atoms with E-state index in [0.717, 1.165) is 54.4 Å². The molecule has 2 aromatic rings. The Labute approximate surface area is 197 Å². The minimum atomic E-state index is 0.264. The summed E-state index contributed by atoms with van der Waals surface area (Å²) in [6.45, 7) is 16.8. The number of hydrogen-bond acceptors (Lipinski definition) is 5. The number of piperidine rings is 1. The van der Waals surface area contributed by atoms with E-state index in [2.05, 4.69) is 59.7 Å². The highest BCUT2D eigenvalue weighted by molar-refractivity contribution is 6.02. The maximum atomic E-state index is 5.86. The van der Waals surface area contributed by atoms with E-state index in [4.69, 9.17) is 9.73 Å². The summed E-state index contributed by atoms with van der Waals surface area (Å²) in [4.78, 5) is 11.5. The van der Waals surface area contributed by atoms with E-state index in [1.165, 1.54) is 11.1 Å². The second-order valence-electron chi connectivity index (χ2n) is 8.49. The van der Waals surface area contributed by atoms with Crippen molar-refractivity contribution in [3.8, 4) is 5.75 Å². The summed E-state index contributed by atoms with van der Waals surface area (Å²) in [6.07, 6.45) is 2.81. The minimum Gasteiger partial charge on any atom is -0.471 e. The van der Waals surface area contributed by atoms with E-state index in [1.807, 2.05) is 50.3 Å². The van der Waals surface area contributed by atoms with Gasteiger partial charge >= 0.3 is 0 Å². The molecule has 3 rings (SSSR count). The molecule has 172 valence electrons. The van der Waals surface area contributed by atoms with Crippen LogP contribution in [0.3, 0.4) is 0 Å². The molecule has 1 aliphatic heterocycles. The van der Waals surface area contributed by atoms with Gasteiger partial charge in [-0.3, -0.25) is 4.90 Å². The molecule has 0 radical (unpaired) electrons. The molecule has 1 heterocycles. The van der Waals surface area contributed by atoms with E-state index in [0.29, 0.717) is 5.82 Å². The molecule has 1 aliphatic rings. The number of allylic oxidation sites excluding steroid dienone is 2. The van der Waals surface area contributed by atoms with E-state index >= 15 is 0 Å². The monoisotopic (exact) mass is 442 g/mol. The average Bonchev–Trinajstić information content (AvgIpc) is 2.80. The molecule has 0 amide bonds. The van der Waals surface area contributed by atoms with Crippen LogP contribution in [0.2, 0.25) is 0 Å². The topological polar surface area (TPSA) is 49.2 Å². The molecule has 5 nitrogen and oxygen atoms in total. The summed E-state index contributed by atoms with van der Waals surface area (Å²) >= 11 is 0. The van der Waals surface area contributed by atoms with Crippen LogP contribution in [0, 0.1) is 6.92 Å². The van der Waals surface area contributed by atoms with Crippen LogP contribution in [-0.4, -0.2) is 37.1 Å². The molecule has 33 heavy (non-hydrogen) atoms. The molecule has 0 saturated carbocycles. The number of nitrogens with zero attached hydrogens (tertiary/aromatic N) is 3. The number of aliphatic imine (C=N–C) groups is 2. The third kappa shape index (κ3) is 7.58. The second-order valence-corrected chi connectivity index (χ2v) is 8.49.